The Balaban J connectivity index is 2.24. The lowest BCUT2D eigenvalue weighted by atomic mass is 10.1. The van der Waals surface area contributed by atoms with Crippen molar-refractivity contribution < 1.29 is 4.79 Å². The van der Waals surface area contributed by atoms with Gasteiger partial charge in [-0.05, 0) is 24.1 Å². The first kappa shape index (κ1) is 9.10. The molecule has 0 saturated carbocycles. The van der Waals surface area contributed by atoms with E-state index in [1.165, 1.54) is 10.5 Å². The van der Waals surface area contributed by atoms with Gasteiger partial charge in [0.2, 0.25) is 0 Å². The van der Waals surface area contributed by atoms with Gasteiger partial charge in [-0.1, -0.05) is 17.7 Å². The van der Waals surface area contributed by atoms with Crippen LogP contribution < -0.4 is 0 Å². The number of halogens is 1. The molecule has 0 spiro atoms. The zero-order valence-corrected chi connectivity index (χ0v) is 8.57. The van der Waals surface area contributed by atoms with Crippen molar-refractivity contribution in [3.05, 3.63) is 28.8 Å². The fourth-order valence-corrected chi connectivity index (χ4v) is 3.12. The molecule has 1 aliphatic rings. The molecule has 0 fully saturated rings. The molecule has 2 rings (SSSR count). The molecular formula is C10H9ClOS. The Morgan fingerprint density at radius 1 is 1.62 bits per heavy atom. The topological polar surface area (TPSA) is 17.1 Å². The van der Waals surface area contributed by atoms with Crippen molar-refractivity contribution in [1.82, 2.24) is 0 Å². The Morgan fingerprint density at radius 2 is 2.46 bits per heavy atom. The van der Waals surface area contributed by atoms with Gasteiger partial charge in [-0.15, -0.1) is 11.8 Å². The Kier molecular flexibility index (Phi) is 2.61. The third-order valence-electron chi connectivity index (χ3n) is 2.16. The van der Waals surface area contributed by atoms with Gasteiger partial charge in [0.1, 0.15) is 6.29 Å². The van der Waals surface area contributed by atoms with Crippen molar-refractivity contribution in [2.75, 3.05) is 0 Å². The molecule has 1 aromatic carbocycles. The van der Waals surface area contributed by atoms with Gasteiger partial charge in [0.25, 0.3) is 0 Å². The van der Waals surface area contributed by atoms with Crippen molar-refractivity contribution in [1.29, 1.82) is 0 Å². The molecule has 1 atom stereocenters. The molecule has 1 aliphatic heterocycles. The van der Waals surface area contributed by atoms with Gasteiger partial charge in [-0.3, -0.25) is 0 Å². The van der Waals surface area contributed by atoms with Crippen LogP contribution in [0.2, 0.25) is 5.02 Å². The lowest BCUT2D eigenvalue weighted by molar-refractivity contribution is -0.107. The number of carbonyl (C=O) groups is 1. The third kappa shape index (κ3) is 1.74. The summed E-state index contributed by atoms with van der Waals surface area (Å²) in [6.45, 7) is 0. The maximum atomic E-state index is 10.4. The van der Waals surface area contributed by atoms with E-state index in [0.29, 0.717) is 11.7 Å². The first-order valence-corrected chi connectivity index (χ1v) is 5.44. The molecule has 3 heteroatoms. The largest absolute Gasteiger partial charge is 0.303 e. The van der Waals surface area contributed by atoms with Crippen LogP contribution in [0.25, 0.3) is 0 Å². The Bertz CT molecular complexity index is 338. The van der Waals surface area contributed by atoms with E-state index < -0.39 is 0 Å². The number of rotatable bonds is 2. The Morgan fingerprint density at radius 3 is 3.15 bits per heavy atom. The lowest BCUT2D eigenvalue weighted by Crippen LogP contribution is -2.00. The quantitative estimate of drug-likeness (QED) is 0.702. The van der Waals surface area contributed by atoms with Crippen LogP contribution in [0.5, 0.6) is 0 Å². The summed E-state index contributed by atoms with van der Waals surface area (Å²) < 4.78 is 0. The molecular weight excluding hydrogens is 204 g/mol. The van der Waals surface area contributed by atoms with Gasteiger partial charge in [0.15, 0.2) is 0 Å². The van der Waals surface area contributed by atoms with Gasteiger partial charge >= 0.3 is 0 Å². The average molecular weight is 213 g/mol. The molecule has 0 bridgehead atoms. The molecule has 0 saturated heterocycles. The fraction of sp³-hybridized carbons (Fsp3) is 0.300. The second kappa shape index (κ2) is 3.72. The second-order valence-corrected chi connectivity index (χ2v) is 4.81. The first-order chi connectivity index (χ1) is 6.31. The Hall–Kier alpha value is -0.470. The van der Waals surface area contributed by atoms with E-state index in [9.17, 15) is 4.79 Å². The van der Waals surface area contributed by atoms with Gasteiger partial charge in [0.05, 0.1) is 0 Å². The van der Waals surface area contributed by atoms with Crippen LogP contribution in [-0.2, 0) is 11.2 Å². The smallest absolute Gasteiger partial charge is 0.121 e. The molecule has 1 nitrogen and oxygen atoms in total. The fourth-order valence-electron chi connectivity index (χ4n) is 1.54. The van der Waals surface area contributed by atoms with Crippen molar-refractivity contribution in [3.63, 3.8) is 0 Å². The highest BCUT2D eigenvalue weighted by atomic mass is 35.5. The van der Waals surface area contributed by atoms with Crippen molar-refractivity contribution in [2.45, 2.75) is 23.0 Å². The minimum absolute atomic E-state index is 0.396. The predicted molar refractivity (Wildman–Crippen MR) is 55.5 cm³/mol. The SMILES string of the molecule is O=CCC1Cc2c(Cl)cccc2S1. The highest BCUT2D eigenvalue weighted by Gasteiger charge is 2.23. The third-order valence-corrected chi connectivity index (χ3v) is 3.84. The molecule has 68 valence electrons. The summed E-state index contributed by atoms with van der Waals surface area (Å²) in [5.74, 6) is 0. The average Bonchev–Trinajstić information content (AvgIpc) is 2.49. The molecule has 0 amide bonds. The number of carbonyl (C=O) groups excluding carboxylic acids is 1. The second-order valence-electron chi connectivity index (χ2n) is 3.06. The van der Waals surface area contributed by atoms with Crippen molar-refractivity contribution in [3.8, 4) is 0 Å². The molecule has 0 aromatic heterocycles. The highest BCUT2D eigenvalue weighted by molar-refractivity contribution is 8.00. The van der Waals surface area contributed by atoms with Crippen LogP contribution in [0, 0.1) is 0 Å². The summed E-state index contributed by atoms with van der Waals surface area (Å²) in [5.41, 5.74) is 1.21. The van der Waals surface area contributed by atoms with E-state index in [0.717, 1.165) is 17.7 Å². The summed E-state index contributed by atoms with van der Waals surface area (Å²) in [4.78, 5) is 11.6. The van der Waals surface area contributed by atoms with E-state index in [1.54, 1.807) is 11.8 Å². The van der Waals surface area contributed by atoms with E-state index in [2.05, 4.69) is 6.07 Å². The number of thioether (sulfide) groups is 1. The van der Waals surface area contributed by atoms with Crippen LogP contribution in [0.15, 0.2) is 23.1 Å². The number of aldehydes is 1. The summed E-state index contributed by atoms with van der Waals surface area (Å²) >= 11 is 7.79. The first-order valence-electron chi connectivity index (χ1n) is 4.19. The van der Waals surface area contributed by atoms with Gasteiger partial charge in [-0.25, -0.2) is 0 Å². The lowest BCUT2D eigenvalue weighted by Gasteiger charge is -2.00. The van der Waals surface area contributed by atoms with Crippen LogP contribution >= 0.6 is 23.4 Å². The number of fused-ring (bicyclic) bond motifs is 1. The summed E-state index contributed by atoms with van der Waals surface area (Å²) in [6.07, 6.45) is 2.53. The summed E-state index contributed by atoms with van der Waals surface area (Å²) in [5, 5.41) is 1.23. The minimum atomic E-state index is 0.396. The standard InChI is InChI=1S/C10H9ClOS/c11-9-2-1-3-10-8(9)6-7(13-10)4-5-12/h1-3,5,7H,4,6H2. The molecule has 1 unspecified atom stereocenters. The van der Waals surface area contributed by atoms with E-state index in [1.807, 2.05) is 12.1 Å². The highest BCUT2D eigenvalue weighted by Crippen LogP contribution is 2.41. The van der Waals surface area contributed by atoms with Crippen LogP contribution in [0.4, 0.5) is 0 Å². The van der Waals surface area contributed by atoms with Gasteiger partial charge < -0.3 is 4.79 Å². The Labute approximate surface area is 86.5 Å². The van der Waals surface area contributed by atoms with Gasteiger partial charge in [-0.2, -0.15) is 0 Å². The molecule has 0 aliphatic carbocycles. The van der Waals surface area contributed by atoms with Crippen LogP contribution in [0.3, 0.4) is 0 Å². The normalized spacial score (nSPS) is 19.9. The maximum absolute atomic E-state index is 10.4. The number of hydrogen-bond donors (Lipinski definition) is 0. The summed E-state index contributed by atoms with van der Waals surface area (Å²) in [7, 11) is 0. The monoisotopic (exact) mass is 212 g/mol. The van der Waals surface area contributed by atoms with E-state index in [4.69, 9.17) is 11.6 Å². The zero-order chi connectivity index (χ0) is 9.26. The summed E-state index contributed by atoms with van der Waals surface area (Å²) in [6, 6.07) is 5.93. The molecule has 1 aromatic rings. The number of benzene rings is 1. The maximum Gasteiger partial charge on any atom is 0.121 e. The van der Waals surface area contributed by atoms with Crippen LogP contribution in [-0.4, -0.2) is 11.5 Å². The van der Waals surface area contributed by atoms with E-state index in [-0.39, 0.29) is 0 Å². The molecule has 0 radical (unpaired) electrons. The molecule has 13 heavy (non-hydrogen) atoms. The van der Waals surface area contributed by atoms with Gasteiger partial charge in [0, 0.05) is 21.6 Å². The molecule has 1 heterocycles. The van der Waals surface area contributed by atoms with E-state index >= 15 is 0 Å². The zero-order valence-electron chi connectivity index (χ0n) is 7.00. The number of hydrogen-bond acceptors (Lipinski definition) is 2. The van der Waals surface area contributed by atoms with Crippen molar-refractivity contribution in [2.24, 2.45) is 0 Å². The molecule has 0 N–H and O–H groups in total. The van der Waals surface area contributed by atoms with Crippen molar-refractivity contribution >= 4 is 29.6 Å². The minimum Gasteiger partial charge on any atom is -0.303 e. The predicted octanol–water partition coefficient (Wildman–Crippen LogP) is 2.95. The van der Waals surface area contributed by atoms with Crippen LogP contribution in [0.1, 0.15) is 12.0 Å².